The van der Waals surface area contributed by atoms with Gasteiger partial charge in [0.15, 0.2) is 0 Å². The summed E-state index contributed by atoms with van der Waals surface area (Å²) in [5.74, 6) is -0.501. The Morgan fingerprint density at radius 3 is 2.67 bits per heavy atom. The number of hydrogen-bond donors (Lipinski definition) is 3. The van der Waals surface area contributed by atoms with Crippen LogP contribution in [0.3, 0.4) is 0 Å². The Morgan fingerprint density at radius 2 is 2.00 bits per heavy atom. The molecule has 1 spiro atoms. The van der Waals surface area contributed by atoms with Gasteiger partial charge in [-0.05, 0) is 42.9 Å². The van der Waals surface area contributed by atoms with Crippen molar-refractivity contribution in [3.8, 4) is 0 Å². The van der Waals surface area contributed by atoms with Crippen LogP contribution in [0.1, 0.15) is 38.2 Å². The van der Waals surface area contributed by atoms with E-state index in [1.807, 2.05) is 31.2 Å². The first kappa shape index (κ1) is 21.0. The van der Waals surface area contributed by atoms with Gasteiger partial charge in [-0.1, -0.05) is 31.9 Å². The Kier molecular flexibility index (Phi) is 6.70. The van der Waals surface area contributed by atoms with Gasteiger partial charge in [-0.2, -0.15) is 0 Å². The predicted octanol–water partition coefficient (Wildman–Crippen LogP) is 1.85. The third-order valence-electron chi connectivity index (χ3n) is 5.52. The van der Waals surface area contributed by atoms with Gasteiger partial charge in [0.05, 0.1) is 0 Å². The fraction of sp³-hybridized carbons (Fsp3) is 0.526. The number of nitrogens with two attached hydrogens (primary N) is 1. The van der Waals surface area contributed by atoms with Crippen LogP contribution in [-0.4, -0.2) is 41.4 Å². The molecular weight excluding hydrogens is 368 g/mol. The molecule has 27 heavy (non-hydrogen) atoms. The number of carbonyl (C=O) groups is 3. The van der Waals surface area contributed by atoms with Crippen LogP contribution in [0.25, 0.3) is 0 Å². The van der Waals surface area contributed by atoms with E-state index in [0.29, 0.717) is 25.1 Å². The molecule has 2 aliphatic rings. The number of nitrogens with one attached hydrogen (secondary N) is 2. The summed E-state index contributed by atoms with van der Waals surface area (Å²) in [7, 11) is 0. The van der Waals surface area contributed by atoms with E-state index in [0.717, 1.165) is 29.7 Å². The molecule has 0 radical (unpaired) electrons. The average molecular weight is 395 g/mol. The molecule has 1 heterocycles. The summed E-state index contributed by atoms with van der Waals surface area (Å²) in [6, 6.07) is 6.99. The molecule has 1 saturated carbocycles. The Bertz CT molecular complexity index is 709. The van der Waals surface area contributed by atoms with Gasteiger partial charge in [-0.15, -0.1) is 12.4 Å². The molecule has 4 amide bonds. The lowest BCUT2D eigenvalue weighted by molar-refractivity contribution is -0.137. The number of hydrogen-bond acceptors (Lipinski definition) is 4. The largest absolute Gasteiger partial charge is 0.399 e. The molecule has 2 unspecified atom stereocenters. The van der Waals surface area contributed by atoms with Crippen molar-refractivity contribution in [2.45, 2.75) is 44.6 Å². The zero-order chi connectivity index (χ0) is 18.7. The van der Waals surface area contributed by atoms with Crippen LogP contribution in [0.15, 0.2) is 24.3 Å². The van der Waals surface area contributed by atoms with E-state index < -0.39 is 11.6 Å². The van der Waals surface area contributed by atoms with Crippen molar-refractivity contribution in [1.82, 2.24) is 15.5 Å². The summed E-state index contributed by atoms with van der Waals surface area (Å²) in [6.45, 7) is 2.20. The van der Waals surface area contributed by atoms with Gasteiger partial charge in [0, 0.05) is 12.2 Å². The van der Waals surface area contributed by atoms with Crippen LogP contribution < -0.4 is 16.4 Å². The second-order valence-corrected chi connectivity index (χ2v) is 7.28. The SMILES string of the molecule is CC1CCCCC12NC(=O)N(CC(=O)NCCc1ccc(N)cc1)C2=O.Cl. The lowest BCUT2D eigenvalue weighted by atomic mass is 9.73. The zero-order valence-electron chi connectivity index (χ0n) is 15.5. The Morgan fingerprint density at radius 1 is 1.30 bits per heavy atom. The van der Waals surface area contributed by atoms with Crippen molar-refractivity contribution in [3.05, 3.63) is 29.8 Å². The molecule has 4 N–H and O–H groups in total. The van der Waals surface area contributed by atoms with Crippen molar-refractivity contribution in [2.75, 3.05) is 18.8 Å². The van der Waals surface area contributed by atoms with Gasteiger partial charge in [-0.3, -0.25) is 14.5 Å². The smallest absolute Gasteiger partial charge is 0.325 e. The summed E-state index contributed by atoms with van der Waals surface area (Å²) in [5, 5.41) is 5.63. The molecule has 1 aliphatic heterocycles. The molecule has 1 aliphatic carbocycles. The molecule has 0 bridgehead atoms. The summed E-state index contributed by atoms with van der Waals surface area (Å²) in [6.07, 6.45) is 4.20. The lowest BCUT2D eigenvalue weighted by Crippen LogP contribution is -2.54. The van der Waals surface area contributed by atoms with E-state index in [2.05, 4.69) is 10.6 Å². The molecule has 0 aromatic heterocycles. The molecule has 1 saturated heterocycles. The van der Waals surface area contributed by atoms with Crippen molar-refractivity contribution >= 4 is 35.9 Å². The zero-order valence-corrected chi connectivity index (χ0v) is 16.3. The number of amides is 4. The third-order valence-corrected chi connectivity index (χ3v) is 5.52. The van der Waals surface area contributed by atoms with Crippen molar-refractivity contribution in [3.63, 3.8) is 0 Å². The van der Waals surface area contributed by atoms with Crippen LogP contribution in [0, 0.1) is 5.92 Å². The summed E-state index contributed by atoms with van der Waals surface area (Å²) < 4.78 is 0. The highest BCUT2D eigenvalue weighted by Gasteiger charge is 2.55. The predicted molar refractivity (Wildman–Crippen MR) is 105 cm³/mol. The topological polar surface area (TPSA) is 105 Å². The van der Waals surface area contributed by atoms with Gasteiger partial charge in [0.2, 0.25) is 5.91 Å². The number of halogens is 1. The number of benzene rings is 1. The normalized spacial score (nSPS) is 24.5. The maximum atomic E-state index is 12.8. The minimum atomic E-state index is -0.820. The molecule has 148 valence electrons. The van der Waals surface area contributed by atoms with Crippen LogP contribution >= 0.6 is 12.4 Å². The molecule has 1 aromatic carbocycles. The second kappa shape index (κ2) is 8.61. The van der Waals surface area contributed by atoms with Crippen LogP contribution in [0.4, 0.5) is 10.5 Å². The van der Waals surface area contributed by atoms with Gasteiger partial charge < -0.3 is 16.4 Å². The van der Waals surface area contributed by atoms with Crippen molar-refractivity contribution in [2.24, 2.45) is 5.92 Å². The van der Waals surface area contributed by atoms with Crippen molar-refractivity contribution in [1.29, 1.82) is 0 Å². The van der Waals surface area contributed by atoms with Crippen LogP contribution in [0.5, 0.6) is 0 Å². The average Bonchev–Trinajstić information content (AvgIpc) is 2.84. The first-order chi connectivity index (χ1) is 12.4. The molecule has 2 fully saturated rings. The molecule has 2 atom stereocenters. The van der Waals surface area contributed by atoms with Gasteiger partial charge in [0.1, 0.15) is 12.1 Å². The molecule has 1 aromatic rings. The second-order valence-electron chi connectivity index (χ2n) is 7.28. The van der Waals surface area contributed by atoms with Gasteiger partial charge in [-0.25, -0.2) is 4.79 Å². The van der Waals surface area contributed by atoms with Crippen LogP contribution in [-0.2, 0) is 16.0 Å². The number of rotatable bonds is 5. The van der Waals surface area contributed by atoms with E-state index in [9.17, 15) is 14.4 Å². The number of anilines is 1. The number of urea groups is 1. The van der Waals surface area contributed by atoms with Crippen molar-refractivity contribution < 1.29 is 14.4 Å². The number of carbonyl (C=O) groups excluding carboxylic acids is 3. The van der Waals surface area contributed by atoms with E-state index >= 15 is 0 Å². The lowest BCUT2D eigenvalue weighted by Gasteiger charge is -2.36. The molecule has 7 nitrogen and oxygen atoms in total. The maximum absolute atomic E-state index is 12.8. The summed E-state index contributed by atoms with van der Waals surface area (Å²) >= 11 is 0. The highest BCUT2D eigenvalue weighted by atomic mass is 35.5. The first-order valence-corrected chi connectivity index (χ1v) is 9.17. The Labute approximate surface area is 165 Å². The number of nitrogen functional groups attached to an aromatic ring is 1. The highest BCUT2D eigenvalue weighted by Crippen LogP contribution is 2.38. The minimum Gasteiger partial charge on any atom is -0.399 e. The molecule has 3 rings (SSSR count). The fourth-order valence-corrected chi connectivity index (χ4v) is 3.87. The summed E-state index contributed by atoms with van der Waals surface area (Å²) in [5.41, 5.74) is 6.58. The highest BCUT2D eigenvalue weighted by molar-refractivity contribution is 6.09. The summed E-state index contributed by atoms with van der Waals surface area (Å²) in [4.78, 5) is 38.3. The number of nitrogens with zero attached hydrogens (tertiary/aromatic N) is 1. The first-order valence-electron chi connectivity index (χ1n) is 9.17. The number of imide groups is 1. The maximum Gasteiger partial charge on any atom is 0.325 e. The quantitative estimate of drug-likeness (QED) is 0.523. The standard InChI is InChI=1S/C19H26N4O3.ClH/c1-13-4-2-3-10-19(13)17(25)23(18(26)22-19)12-16(24)21-11-9-14-5-7-15(20)8-6-14;/h5-8,13H,2-4,9-12,20H2,1H3,(H,21,24)(H,22,26);1H. The fourth-order valence-electron chi connectivity index (χ4n) is 3.87. The van der Waals surface area contributed by atoms with E-state index in [-0.39, 0.29) is 36.7 Å². The minimum absolute atomic E-state index is 0. The van der Waals surface area contributed by atoms with Gasteiger partial charge in [0.25, 0.3) is 5.91 Å². The van der Waals surface area contributed by atoms with E-state index in [4.69, 9.17) is 5.73 Å². The van der Waals surface area contributed by atoms with Crippen LogP contribution in [0.2, 0.25) is 0 Å². The Hall–Kier alpha value is -2.28. The third kappa shape index (κ3) is 4.35. The van der Waals surface area contributed by atoms with Gasteiger partial charge >= 0.3 is 6.03 Å². The van der Waals surface area contributed by atoms with E-state index in [1.54, 1.807) is 0 Å². The molecular formula is C19H27ClN4O3. The Balaban J connectivity index is 0.00000261. The monoisotopic (exact) mass is 394 g/mol. The molecule has 8 heteroatoms. The van der Waals surface area contributed by atoms with E-state index in [1.165, 1.54) is 0 Å².